The molecule has 1 heterocycles. The number of amides is 2. The van der Waals surface area contributed by atoms with Crippen LogP contribution >= 0.6 is 0 Å². The van der Waals surface area contributed by atoms with Gasteiger partial charge in [-0.25, -0.2) is 4.90 Å². The minimum Gasteiger partial charge on any atom is -0.497 e. The smallest absolute Gasteiger partial charge is 0.282 e. The van der Waals surface area contributed by atoms with Crippen molar-refractivity contribution in [3.63, 3.8) is 0 Å². The number of carbonyl (C=O) groups excluding carboxylic acids is 2. The number of imide groups is 1. The molecule has 4 rings (SSSR count). The van der Waals surface area contributed by atoms with Gasteiger partial charge >= 0.3 is 0 Å². The van der Waals surface area contributed by atoms with Gasteiger partial charge in [-0.1, -0.05) is 36.4 Å². The molecule has 0 radical (unpaired) electrons. The minimum absolute atomic E-state index is 0.154. The van der Waals surface area contributed by atoms with Crippen LogP contribution in [0, 0.1) is 0 Å². The van der Waals surface area contributed by atoms with Gasteiger partial charge in [0.05, 0.1) is 37.8 Å². The lowest BCUT2D eigenvalue weighted by atomic mass is 10.0. The minimum atomic E-state index is -0.483. The maximum atomic E-state index is 13.7. The molecule has 7 heteroatoms. The van der Waals surface area contributed by atoms with Crippen molar-refractivity contribution >= 4 is 28.8 Å². The molecule has 1 aliphatic heterocycles. The van der Waals surface area contributed by atoms with E-state index in [9.17, 15) is 9.59 Å². The molecular weight excluding hydrogens is 420 g/mol. The topological polar surface area (TPSA) is 77.1 Å². The molecule has 7 nitrogen and oxygen atoms in total. The van der Waals surface area contributed by atoms with Crippen LogP contribution in [0.1, 0.15) is 12.5 Å². The maximum Gasteiger partial charge on any atom is 0.282 e. The van der Waals surface area contributed by atoms with E-state index in [1.165, 1.54) is 0 Å². The molecule has 0 saturated heterocycles. The number of rotatable bonds is 8. The Morgan fingerprint density at radius 2 is 1.45 bits per heavy atom. The molecule has 3 aromatic rings. The summed E-state index contributed by atoms with van der Waals surface area (Å²) in [7, 11) is 3.12. The molecule has 0 bridgehead atoms. The quantitative estimate of drug-likeness (QED) is 0.516. The third-order valence-corrected chi connectivity index (χ3v) is 5.24. The number of nitrogens with one attached hydrogen (secondary N) is 1. The second kappa shape index (κ2) is 9.48. The number of methoxy groups -OCH3 is 2. The standard InChI is InChI=1S/C26H24N2O5/c1-4-33-22-12-8-6-10-20(22)28-25(29)23(17-13-15-18(31-2)16-14-17)24(26(28)30)27-19-9-5-7-11-21(19)32-3/h5-16,27H,4H2,1-3H3. The van der Waals surface area contributed by atoms with Gasteiger partial charge in [0.25, 0.3) is 11.8 Å². The van der Waals surface area contributed by atoms with Crippen LogP contribution in [0.4, 0.5) is 11.4 Å². The van der Waals surface area contributed by atoms with Crippen LogP contribution in [0.25, 0.3) is 5.57 Å². The van der Waals surface area contributed by atoms with Crippen molar-refractivity contribution in [3.05, 3.63) is 84.1 Å². The largest absolute Gasteiger partial charge is 0.497 e. The van der Waals surface area contributed by atoms with E-state index in [4.69, 9.17) is 14.2 Å². The van der Waals surface area contributed by atoms with Gasteiger partial charge in [0, 0.05) is 0 Å². The van der Waals surface area contributed by atoms with Crippen LogP contribution in [0.5, 0.6) is 17.2 Å². The van der Waals surface area contributed by atoms with Gasteiger partial charge in [-0.15, -0.1) is 0 Å². The summed E-state index contributed by atoms with van der Waals surface area (Å²) in [6.45, 7) is 2.25. The fourth-order valence-corrected chi connectivity index (χ4v) is 3.69. The summed E-state index contributed by atoms with van der Waals surface area (Å²) >= 11 is 0. The zero-order valence-corrected chi connectivity index (χ0v) is 18.6. The van der Waals surface area contributed by atoms with Crippen LogP contribution < -0.4 is 24.4 Å². The normalized spacial score (nSPS) is 13.4. The Balaban J connectivity index is 1.84. The fraction of sp³-hybridized carbons (Fsp3) is 0.154. The van der Waals surface area contributed by atoms with E-state index in [1.807, 2.05) is 19.1 Å². The van der Waals surface area contributed by atoms with Gasteiger partial charge in [0.15, 0.2) is 0 Å². The highest BCUT2D eigenvalue weighted by Crippen LogP contribution is 2.39. The van der Waals surface area contributed by atoms with Gasteiger partial charge in [0.1, 0.15) is 22.9 Å². The van der Waals surface area contributed by atoms with E-state index in [0.717, 1.165) is 4.90 Å². The van der Waals surface area contributed by atoms with E-state index in [2.05, 4.69) is 5.32 Å². The molecule has 1 aliphatic rings. The Labute approximate surface area is 192 Å². The fourth-order valence-electron chi connectivity index (χ4n) is 3.69. The molecule has 0 atom stereocenters. The lowest BCUT2D eigenvalue weighted by Crippen LogP contribution is -2.32. The molecule has 2 amide bonds. The van der Waals surface area contributed by atoms with Crippen molar-refractivity contribution < 1.29 is 23.8 Å². The zero-order chi connectivity index (χ0) is 23.4. The van der Waals surface area contributed by atoms with Gasteiger partial charge in [-0.3, -0.25) is 9.59 Å². The van der Waals surface area contributed by atoms with Crippen LogP contribution in [0.3, 0.4) is 0 Å². The number of nitrogens with zero attached hydrogens (tertiary/aromatic N) is 1. The highest BCUT2D eigenvalue weighted by atomic mass is 16.5. The third-order valence-electron chi connectivity index (χ3n) is 5.24. The molecule has 0 spiro atoms. The van der Waals surface area contributed by atoms with Gasteiger partial charge in [-0.05, 0) is 48.9 Å². The number of carbonyl (C=O) groups is 2. The van der Waals surface area contributed by atoms with Crippen LogP contribution in [0.2, 0.25) is 0 Å². The lowest BCUT2D eigenvalue weighted by Gasteiger charge is -2.19. The van der Waals surface area contributed by atoms with Crippen molar-refractivity contribution in [3.8, 4) is 17.2 Å². The van der Waals surface area contributed by atoms with E-state index in [1.54, 1.807) is 74.9 Å². The lowest BCUT2D eigenvalue weighted by molar-refractivity contribution is -0.120. The number of anilines is 2. The average Bonchev–Trinajstić information content (AvgIpc) is 3.09. The SMILES string of the molecule is CCOc1ccccc1N1C(=O)C(Nc2ccccc2OC)=C(c2ccc(OC)cc2)C1=O. The second-order valence-corrected chi connectivity index (χ2v) is 7.15. The molecule has 0 saturated carbocycles. The number of hydrogen-bond acceptors (Lipinski definition) is 6. The number of para-hydroxylation sites is 4. The van der Waals surface area contributed by atoms with E-state index < -0.39 is 11.8 Å². The van der Waals surface area contributed by atoms with E-state index in [-0.39, 0.29) is 11.3 Å². The summed E-state index contributed by atoms with van der Waals surface area (Å²) in [4.78, 5) is 28.5. The first kappa shape index (κ1) is 22.0. The van der Waals surface area contributed by atoms with Crippen LogP contribution in [-0.4, -0.2) is 32.6 Å². The molecule has 0 aromatic heterocycles. The van der Waals surface area contributed by atoms with E-state index in [0.29, 0.717) is 40.8 Å². The second-order valence-electron chi connectivity index (χ2n) is 7.15. The Morgan fingerprint density at radius 1 is 0.788 bits per heavy atom. The maximum absolute atomic E-state index is 13.7. The summed E-state index contributed by atoms with van der Waals surface area (Å²) in [5, 5.41) is 3.14. The highest BCUT2D eigenvalue weighted by Gasteiger charge is 2.41. The molecule has 33 heavy (non-hydrogen) atoms. The Hall–Kier alpha value is -4.26. The van der Waals surface area contributed by atoms with Gasteiger partial charge in [-0.2, -0.15) is 0 Å². The molecule has 0 fully saturated rings. The summed E-state index contributed by atoms with van der Waals surface area (Å²) in [6.07, 6.45) is 0. The number of hydrogen-bond donors (Lipinski definition) is 1. The molecule has 3 aromatic carbocycles. The average molecular weight is 444 g/mol. The number of ether oxygens (including phenoxy) is 3. The van der Waals surface area contributed by atoms with E-state index >= 15 is 0 Å². The van der Waals surface area contributed by atoms with Gasteiger partial charge < -0.3 is 19.5 Å². The predicted octanol–water partition coefficient (Wildman–Crippen LogP) is 4.50. The molecule has 0 unspecified atom stereocenters. The van der Waals surface area contributed by atoms with Crippen molar-refractivity contribution in [2.75, 3.05) is 31.0 Å². The zero-order valence-electron chi connectivity index (χ0n) is 18.6. The first-order valence-corrected chi connectivity index (χ1v) is 10.5. The molecule has 168 valence electrons. The van der Waals surface area contributed by atoms with Crippen molar-refractivity contribution in [1.82, 2.24) is 0 Å². The monoisotopic (exact) mass is 444 g/mol. The summed E-state index contributed by atoms with van der Waals surface area (Å²) in [6, 6.07) is 21.2. The van der Waals surface area contributed by atoms with Crippen molar-refractivity contribution in [2.24, 2.45) is 0 Å². The first-order valence-electron chi connectivity index (χ1n) is 10.5. The van der Waals surface area contributed by atoms with Crippen LogP contribution in [0.15, 0.2) is 78.5 Å². The highest BCUT2D eigenvalue weighted by molar-refractivity contribution is 6.46. The van der Waals surface area contributed by atoms with Crippen molar-refractivity contribution in [1.29, 1.82) is 0 Å². The summed E-state index contributed by atoms with van der Waals surface area (Å²) in [5.41, 5.74) is 1.95. The Morgan fingerprint density at radius 3 is 2.12 bits per heavy atom. The summed E-state index contributed by atoms with van der Waals surface area (Å²) < 4.78 is 16.3. The number of benzene rings is 3. The third kappa shape index (κ3) is 4.13. The van der Waals surface area contributed by atoms with Crippen molar-refractivity contribution in [2.45, 2.75) is 6.92 Å². The Bertz CT molecular complexity index is 1220. The Kier molecular flexibility index (Phi) is 6.31. The molecule has 1 N–H and O–H groups in total. The first-order chi connectivity index (χ1) is 16.1. The van der Waals surface area contributed by atoms with Crippen LogP contribution in [-0.2, 0) is 9.59 Å². The molecule has 0 aliphatic carbocycles. The molecular formula is C26H24N2O5. The van der Waals surface area contributed by atoms with Gasteiger partial charge in [0.2, 0.25) is 0 Å². The predicted molar refractivity (Wildman–Crippen MR) is 127 cm³/mol. The summed E-state index contributed by atoms with van der Waals surface area (Å²) in [5.74, 6) is 0.717.